The summed E-state index contributed by atoms with van der Waals surface area (Å²) in [5, 5.41) is 2.65. The highest BCUT2D eigenvalue weighted by atomic mass is 15.2. The van der Waals surface area contributed by atoms with Crippen LogP contribution < -0.4 is 4.90 Å². The average molecular weight is 498 g/mol. The first-order valence-electron chi connectivity index (χ1n) is 13.6. The highest BCUT2D eigenvalue weighted by Crippen LogP contribution is 2.48. The number of hydrogen-bond donors (Lipinski definition) is 0. The molecule has 2 nitrogen and oxygen atoms in total. The topological polar surface area (TPSA) is 6.25 Å². The number of aryl methyl sites for hydroxylation is 1. The van der Waals surface area contributed by atoms with Crippen LogP contribution in [0.1, 0.15) is 43.0 Å². The Bertz CT molecular complexity index is 1670. The quantitative estimate of drug-likeness (QED) is 0.257. The Kier molecular flexibility index (Phi) is 5.68. The van der Waals surface area contributed by atoms with Crippen LogP contribution in [0, 0.1) is 6.92 Å². The van der Waals surface area contributed by atoms with Crippen LogP contribution >= 0.6 is 0 Å². The molecule has 0 bridgehead atoms. The SMILES string of the molecule is Cc1ccccc1CC1(C)C(/C=C/C=C2/N(C)c3ccccc3C2(C)C)=[N+](C)c2ccc3ccccc3c21. The third kappa shape index (κ3) is 3.58. The van der Waals surface area contributed by atoms with Crippen LogP contribution in [0.2, 0.25) is 0 Å². The van der Waals surface area contributed by atoms with Crippen LogP contribution in [0.5, 0.6) is 0 Å². The van der Waals surface area contributed by atoms with Crippen LogP contribution in [-0.2, 0) is 17.3 Å². The molecule has 4 aromatic rings. The Morgan fingerprint density at radius 3 is 2.34 bits per heavy atom. The van der Waals surface area contributed by atoms with Gasteiger partial charge in [-0.3, -0.25) is 0 Å². The monoisotopic (exact) mass is 497 g/mol. The third-order valence-corrected chi connectivity index (χ3v) is 9.00. The van der Waals surface area contributed by atoms with Gasteiger partial charge in [0.1, 0.15) is 7.05 Å². The molecule has 2 aliphatic heterocycles. The van der Waals surface area contributed by atoms with Gasteiger partial charge in [0.15, 0.2) is 5.71 Å². The highest BCUT2D eigenvalue weighted by molar-refractivity contribution is 6.08. The van der Waals surface area contributed by atoms with Gasteiger partial charge in [-0.15, -0.1) is 0 Å². The molecule has 2 aliphatic rings. The Morgan fingerprint density at radius 2 is 1.55 bits per heavy atom. The normalized spacial score (nSPS) is 21.1. The van der Waals surface area contributed by atoms with Crippen molar-refractivity contribution in [3.05, 3.63) is 131 Å². The fourth-order valence-electron chi connectivity index (χ4n) is 6.94. The number of benzene rings is 4. The molecule has 0 saturated heterocycles. The van der Waals surface area contributed by atoms with Gasteiger partial charge in [-0.1, -0.05) is 86.7 Å². The number of nitrogens with zero attached hydrogens (tertiary/aromatic N) is 2. The smallest absolute Gasteiger partial charge is 0.210 e. The molecule has 0 spiro atoms. The molecule has 0 radical (unpaired) electrons. The van der Waals surface area contributed by atoms with Crippen molar-refractivity contribution >= 4 is 27.9 Å². The number of allylic oxidation sites excluding steroid dienone is 4. The first-order valence-corrected chi connectivity index (χ1v) is 13.6. The molecule has 6 rings (SSSR count). The molecule has 0 fully saturated rings. The summed E-state index contributed by atoms with van der Waals surface area (Å²) >= 11 is 0. The lowest BCUT2D eigenvalue weighted by Gasteiger charge is -2.25. The molecule has 0 amide bonds. The molecule has 2 heterocycles. The van der Waals surface area contributed by atoms with Crippen molar-refractivity contribution in [1.29, 1.82) is 0 Å². The molecule has 0 aromatic heterocycles. The van der Waals surface area contributed by atoms with E-state index in [1.807, 2.05) is 0 Å². The third-order valence-electron chi connectivity index (χ3n) is 9.00. The van der Waals surface area contributed by atoms with Crippen molar-refractivity contribution < 1.29 is 4.58 Å². The van der Waals surface area contributed by atoms with Crippen molar-refractivity contribution in [1.82, 2.24) is 0 Å². The van der Waals surface area contributed by atoms with Crippen molar-refractivity contribution in [3.8, 4) is 0 Å². The number of anilines is 1. The minimum absolute atomic E-state index is 0.0362. The molecular formula is C36H37N2+. The second-order valence-electron chi connectivity index (χ2n) is 11.7. The number of fused-ring (bicyclic) bond motifs is 4. The summed E-state index contributed by atoms with van der Waals surface area (Å²) in [6.45, 7) is 9.32. The molecule has 190 valence electrons. The van der Waals surface area contributed by atoms with E-state index < -0.39 is 0 Å². The largest absolute Gasteiger partial charge is 0.347 e. The predicted octanol–water partition coefficient (Wildman–Crippen LogP) is 8.24. The summed E-state index contributed by atoms with van der Waals surface area (Å²) in [6.07, 6.45) is 7.90. The molecule has 0 saturated carbocycles. The van der Waals surface area contributed by atoms with E-state index in [4.69, 9.17) is 0 Å². The van der Waals surface area contributed by atoms with Crippen LogP contribution in [0.25, 0.3) is 10.8 Å². The van der Waals surface area contributed by atoms with Crippen LogP contribution in [-0.4, -0.2) is 24.4 Å². The molecule has 0 N–H and O–H groups in total. The summed E-state index contributed by atoms with van der Waals surface area (Å²) in [6, 6.07) is 31.0. The molecule has 0 aliphatic carbocycles. The lowest BCUT2D eigenvalue weighted by atomic mass is 9.72. The van der Waals surface area contributed by atoms with E-state index in [0.29, 0.717) is 0 Å². The van der Waals surface area contributed by atoms with E-state index in [9.17, 15) is 0 Å². The van der Waals surface area contributed by atoms with Gasteiger partial charge in [0.05, 0.1) is 5.41 Å². The fraction of sp³-hybridized carbons (Fsp3) is 0.250. The second-order valence-corrected chi connectivity index (χ2v) is 11.7. The van der Waals surface area contributed by atoms with Gasteiger partial charge in [-0.25, -0.2) is 0 Å². The molecule has 38 heavy (non-hydrogen) atoms. The van der Waals surface area contributed by atoms with Gasteiger partial charge in [-0.2, -0.15) is 4.58 Å². The summed E-state index contributed by atoms with van der Waals surface area (Å²) in [5.74, 6) is 0. The summed E-state index contributed by atoms with van der Waals surface area (Å²) in [5.41, 5.74) is 10.6. The maximum atomic E-state index is 2.43. The Labute approximate surface area is 227 Å². The van der Waals surface area contributed by atoms with Gasteiger partial charge in [-0.05, 0) is 65.9 Å². The maximum absolute atomic E-state index is 2.43. The van der Waals surface area contributed by atoms with E-state index in [1.54, 1.807) is 0 Å². The zero-order valence-corrected chi connectivity index (χ0v) is 23.4. The van der Waals surface area contributed by atoms with E-state index in [1.165, 1.54) is 55.8 Å². The molecular weight excluding hydrogens is 460 g/mol. The summed E-state index contributed by atoms with van der Waals surface area (Å²) in [4.78, 5) is 2.34. The second kappa shape index (κ2) is 8.84. The van der Waals surface area contributed by atoms with E-state index in [-0.39, 0.29) is 10.8 Å². The Balaban J connectivity index is 1.47. The van der Waals surface area contributed by atoms with E-state index >= 15 is 0 Å². The maximum Gasteiger partial charge on any atom is 0.210 e. The lowest BCUT2D eigenvalue weighted by Crippen LogP contribution is -2.33. The number of hydrogen-bond acceptors (Lipinski definition) is 1. The van der Waals surface area contributed by atoms with Crippen LogP contribution in [0.3, 0.4) is 0 Å². The first kappa shape index (κ1) is 24.4. The lowest BCUT2D eigenvalue weighted by molar-refractivity contribution is -0.401. The molecule has 4 aromatic carbocycles. The summed E-state index contributed by atoms with van der Waals surface area (Å²) < 4.78 is 2.41. The van der Waals surface area contributed by atoms with Crippen LogP contribution in [0.4, 0.5) is 11.4 Å². The fourth-order valence-corrected chi connectivity index (χ4v) is 6.94. The van der Waals surface area contributed by atoms with Crippen molar-refractivity contribution in [2.24, 2.45) is 0 Å². The van der Waals surface area contributed by atoms with E-state index in [2.05, 4.69) is 154 Å². The minimum atomic E-state index is -0.161. The number of para-hydroxylation sites is 1. The Morgan fingerprint density at radius 1 is 0.842 bits per heavy atom. The van der Waals surface area contributed by atoms with Gasteiger partial charge < -0.3 is 4.90 Å². The van der Waals surface area contributed by atoms with Crippen molar-refractivity contribution in [3.63, 3.8) is 0 Å². The van der Waals surface area contributed by atoms with Crippen molar-refractivity contribution in [2.45, 2.75) is 44.9 Å². The number of likely N-dealkylation sites (N-methyl/N-ethyl adjacent to an activating group) is 1. The summed E-state index contributed by atoms with van der Waals surface area (Å²) in [7, 11) is 4.41. The minimum Gasteiger partial charge on any atom is -0.347 e. The van der Waals surface area contributed by atoms with Crippen LogP contribution in [0.15, 0.2) is 109 Å². The van der Waals surface area contributed by atoms with E-state index in [0.717, 1.165) is 6.42 Å². The predicted molar refractivity (Wildman–Crippen MR) is 162 cm³/mol. The van der Waals surface area contributed by atoms with Crippen molar-refractivity contribution in [2.75, 3.05) is 19.0 Å². The van der Waals surface area contributed by atoms with Gasteiger partial charge >= 0.3 is 0 Å². The standard InChI is InChI=1S/C36H37N2/c1-25-14-7-8-16-27(25)24-36(4)33(38(6)31-23-22-26-15-9-10-17-28(26)34(31)36)21-13-20-32-35(2,3)29-18-11-12-19-30(29)37(32)5/h7-23H,24H2,1-6H3/q+1. The highest BCUT2D eigenvalue weighted by Gasteiger charge is 2.48. The first-order chi connectivity index (χ1) is 18.2. The average Bonchev–Trinajstić information content (AvgIpc) is 3.25. The van der Waals surface area contributed by atoms with Gasteiger partial charge in [0.2, 0.25) is 5.69 Å². The molecule has 2 heteroatoms. The molecule has 1 atom stereocenters. The zero-order chi connectivity index (χ0) is 26.7. The number of rotatable bonds is 4. The van der Waals surface area contributed by atoms with Gasteiger partial charge in [0.25, 0.3) is 0 Å². The Hall–Kier alpha value is -3.91. The van der Waals surface area contributed by atoms with Gasteiger partial charge in [0, 0.05) is 41.6 Å². The molecule has 1 unspecified atom stereocenters. The zero-order valence-electron chi connectivity index (χ0n) is 23.4.